The molecule has 0 unspecified atom stereocenters. The van der Waals surface area contributed by atoms with Gasteiger partial charge in [0.1, 0.15) is 5.76 Å². The van der Waals surface area contributed by atoms with E-state index in [-0.39, 0.29) is 0 Å². The standard InChI is InChI=1S/C12H12ClNOS/c13-11-6-9(7-14)3-4-12(11)16-8-10-2-1-5-15-10/h1-6H,7-8,14H2. The molecule has 0 bridgehead atoms. The Labute approximate surface area is 104 Å². The van der Waals surface area contributed by atoms with Gasteiger partial charge in [-0.15, -0.1) is 11.8 Å². The number of furan rings is 1. The highest BCUT2D eigenvalue weighted by Gasteiger charge is 2.03. The molecular weight excluding hydrogens is 242 g/mol. The zero-order valence-electron chi connectivity index (χ0n) is 8.65. The summed E-state index contributed by atoms with van der Waals surface area (Å²) in [6, 6.07) is 9.74. The molecule has 4 heteroatoms. The third-order valence-corrected chi connectivity index (χ3v) is 3.70. The smallest absolute Gasteiger partial charge is 0.113 e. The van der Waals surface area contributed by atoms with Crippen molar-refractivity contribution in [2.45, 2.75) is 17.2 Å². The van der Waals surface area contributed by atoms with Gasteiger partial charge in [0, 0.05) is 11.4 Å². The highest BCUT2D eigenvalue weighted by atomic mass is 35.5. The Balaban J connectivity index is 2.04. The fourth-order valence-corrected chi connectivity index (χ4v) is 2.52. The van der Waals surface area contributed by atoms with Crippen LogP contribution in [0.25, 0.3) is 0 Å². The third-order valence-electron chi connectivity index (χ3n) is 2.18. The van der Waals surface area contributed by atoms with Crippen molar-refractivity contribution in [1.29, 1.82) is 0 Å². The van der Waals surface area contributed by atoms with Crippen molar-refractivity contribution >= 4 is 23.4 Å². The Kier molecular flexibility index (Phi) is 3.93. The number of thioether (sulfide) groups is 1. The molecule has 0 atom stereocenters. The highest BCUT2D eigenvalue weighted by Crippen LogP contribution is 2.30. The predicted octanol–water partition coefficient (Wildman–Crippen LogP) is 3.68. The summed E-state index contributed by atoms with van der Waals surface area (Å²) in [6.45, 7) is 0.517. The summed E-state index contributed by atoms with van der Waals surface area (Å²) in [6.07, 6.45) is 1.68. The normalized spacial score (nSPS) is 10.6. The minimum atomic E-state index is 0.517. The highest BCUT2D eigenvalue weighted by molar-refractivity contribution is 7.98. The minimum Gasteiger partial charge on any atom is -0.468 e. The number of hydrogen-bond acceptors (Lipinski definition) is 3. The van der Waals surface area contributed by atoms with Gasteiger partial charge in [-0.25, -0.2) is 0 Å². The lowest BCUT2D eigenvalue weighted by Gasteiger charge is -2.04. The maximum absolute atomic E-state index is 6.14. The van der Waals surface area contributed by atoms with Crippen molar-refractivity contribution in [2.24, 2.45) is 5.73 Å². The van der Waals surface area contributed by atoms with E-state index >= 15 is 0 Å². The fourth-order valence-electron chi connectivity index (χ4n) is 1.33. The van der Waals surface area contributed by atoms with E-state index in [1.165, 1.54) is 0 Å². The van der Waals surface area contributed by atoms with Crippen molar-refractivity contribution in [3.63, 3.8) is 0 Å². The molecule has 0 amide bonds. The van der Waals surface area contributed by atoms with Crippen molar-refractivity contribution < 1.29 is 4.42 Å². The molecule has 0 saturated carbocycles. The second-order valence-corrected chi connectivity index (χ2v) is 4.76. The van der Waals surface area contributed by atoms with Crippen LogP contribution in [-0.2, 0) is 12.3 Å². The number of benzene rings is 1. The van der Waals surface area contributed by atoms with Gasteiger partial charge < -0.3 is 10.2 Å². The maximum Gasteiger partial charge on any atom is 0.113 e. The van der Waals surface area contributed by atoms with Crippen LogP contribution in [0.5, 0.6) is 0 Å². The molecule has 0 spiro atoms. The zero-order chi connectivity index (χ0) is 11.4. The topological polar surface area (TPSA) is 39.2 Å². The summed E-state index contributed by atoms with van der Waals surface area (Å²) < 4.78 is 5.26. The van der Waals surface area contributed by atoms with E-state index < -0.39 is 0 Å². The molecule has 2 aromatic rings. The van der Waals surface area contributed by atoms with Crippen molar-refractivity contribution in [1.82, 2.24) is 0 Å². The lowest BCUT2D eigenvalue weighted by Crippen LogP contribution is -1.95. The monoisotopic (exact) mass is 253 g/mol. The Morgan fingerprint density at radius 2 is 2.19 bits per heavy atom. The van der Waals surface area contributed by atoms with Gasteiger partial charge in [-0.3, -0.25) is 0 Å². The molecule has 0 saturated heterocycles. The summed E-state index contributed by atoms with van der Waals surface area (Å²) in [5.41, 5.74) is 6.59. The number of rotatable bonds is 4. The quantitative estimate of drug-likeness (QED) is 0.845. The summed E-state index contributed by atoms with van der Waals surface area (Å²) in [5.74, 6) is 1.73. The number of nitrogens with two attached hydrogens (primary N) is 1. The van der Waals surface area contributed by atoms with Gasteiger partial charge in [-0.05, 0) is 29.8 Å². The van der Waals surface area contributed by atoms with Crippen LogP contribution in [-0.4, -0.2) is 0 Å². The summed E-state index contributed by atoms with van der Waals surface area (Å²) in [5, 5.41) is 0.750. The van der Waals surface area contributed by atoms with Crippen LogP contribution in [0.15, 0.2) is 45.9 Å². The number of hydrogen-bond donors (Lipinski definition) is 1. The Morgan fingerprint density at radius 3 is 2.81 bits per heavy atom. The van der Waals surface area contributed by atoms with Gasteiger partial charge in [0.25, 0.3) is 0 Å². The first kappa shape index (κ1) is 11.6. The molecule has 0 aliphatic heterocycles. The molecule has 0 aliphatic carbocycles. The van der Waals surface area contributed by atoms with E-state index in [1.54, 1.807) is 18.0 Å². The van der Waals surface area contributed by atoms with Crippen LogP contribution in [0.1, 0.15) is 11.3 Å². The van der Waals surface area contributed by atoms with Crippen LogP contribution in [0, 0.1) is 0 Å². The van der Waals surface area contributed by atoms with Gasteiger partial charge in [-0.2, -0.15) is 0 Å². The summed E-state index contributed by atoms with van der Waals surface area (Å²) in [7, 11) is 0. The molecule has 0 fully saturated rings. The lowest BCUT2D eigenvalue weighted by molar-refractivity contribution is 0.530. The molecule has 1 aromatic heterocycles. The van der Waals surface area contributed by atoms with E-state index in [0.29, 0.717) is 6.54 Å². The molecule has 1 heterocycles. The van der Waals surface area contributed by atoms with Gasteiger partial charge in [-0.1, -0.05) is 17.7 Å². The molecular formula is C12H12ClNOS. The largest absolute Gasteiger partial charge is 0.468 e. The van der Waals surface area contributed by atoms with Crippen molar-refractivity contribution in [2.75, 3.05) is 0 Å². The SMILES string of the molecule is NCc1ccc(SCc2ccco2)c(Cl)c1. The van der Waals surface area contributed by atoms with Crippen LogP contribution >= 0.6 is 23.4 Å². The van der Waals surface area contributed by atoms with E-state index in [2.05, 4.69) is 0 Å². The summed E-state index contributed by atoms with van der Waals surface area (Å²) >= 11 is 7.80. The van der Waals surface area contributed by atoms with Crippen LogP contribution in [0.2, 0.25) is 5.02 Å². The van der Waals surface area contributed by atoms with E-state index in [1.807, 2.05) is 30.3 Å². The fraction of sp³-hybridized carbons (Fsp3) is 0.167. The first-order chi connectivity index (χ1) is 7.79. The minimum absolute atomic E-state index is 0.517. The van der Waals surface area contributed by atoms with Crippen LogP contribution in [0.3, 0.4) is 0 Å². The Hall–Kier alpha value is -0.900. The first-order valence-electron chi connectivity index (χ1n) is 4.93. The van der Waals surface area contributed by atoms with Crippen molar-refractivity contribution in [3.8, 4) is 0 Å². The predicted molar refractivity (Wildman–Crippen MR) is 67.6 cm³/mol. The molecule has 0 aliphatic rings. The maximum atomic E-state index is 6.14. The first-order valence-corrected chi connectivity index (χ1v) is 6.29. The van der Waals surface area contributed by atoms with Crippen LogP contribution in [0.4, 0.5) is 0 Å². The molecule has 84 valence electrons. The van der Waals surface area contributed by atoms with Gasteiger partial charge >= 0.3 is 0 Å². The number of halogens is 1. The van der Waals surface area contributed by atoms with Gasteiger partial charge in [0.05, 0.1) is 17.0 Å². The van der Waals surface area contributed by atoms with E-state index in [0.717, 1.165) is 27.0 Å². The Bertz CT molecular complexity index is 456. The molecule has 0 radical (unpaired) electrons. The van der Waals surface area contributed by atoms with Gasteiger partial charge in [0.15, 0.2) is 0 Å². The van der Waals surface area contributed by atoms with E-state index in [9.17, 15) is 0 Å². The Morgan fingerprint density at radius 1 is 1.31 bits per heavy atom. The molecule has 2 N–H and O–H groups in total. The van der Waals surface area contributed by atoms with Gasteiger partial charge in [0.2, 0.25) is 0 Å². The third kappa shape index (κ3) is 2.82. The lowest BCUT2D eigenvalue weighted by atomic mass is 10.2. The van der Waals surface area contributed by atoms with E-state index in [4.69, 9.17) is 21.8 Å². The summed E-state index contributed by atoms with van der Waals surface area (Å²) in [4.78, 5) is 1.05. The molecule has 16 heavy (non-hydrogen) atoms. The zero-order valence-corrected chi connectivity index (χ0v) is 10.2. The van der Waals surface area contributed by atoms with Crippen molar-refractivity contribution in [3.05, 3.63) is 52.9 Å². The molecule has 2 rings (SSSR count). The average Bonchev–Trinajstić information content (AvgIpc) is 2.80. The molecule has 2 nitrogen and oxygen atoms in total. The average molecular weight is 254 g/mol. The second-order valence-electron chi connectivity index (χ2n) is 3.34. The molecule has 1 aromatic carbocycles. The second kappa shape index (κ2) is 5.43. The van der Waals surface area contributed by atoms with Crippen LogP contribution < -0.4 is 5.73 Å².